The molecule has 2 atom stereocenters. The van der Waals surface area contributed by atoms with E-state index in [1.807, 2.05) is 18.5 Å². The van der Waals surface area contributed by atoms with Crippen LogP contribution in [0.2, 0.25) is 0 Å². The van der Waals surface area contributed by atoms with Gasteiger partial charge in [-0.1, -0.05) is 27.2 Å². The van der Waals surface area contributed by atoms with Gasteiger partial charge in [-0.2, -0.15) is 0 Å². The fourth-order valence-corrected chi connectivity index (χ4v) is 1.66. The summed E-state index contributed by atoms with van der Waals surface area (Å²) < 4.78 is 0. The minimum atomic E-state index is 0.302. The number of nitrogens with zero attached hydrogens (tertiary/aromatic N) is 2. The van der Waals surface area contributed by atoms with Gasteiger partial charge in [0.15, 0.2) is 0 Å². The van der Waals surface area contributed by atoms with Gasteiger partial charge in [-0.15, -0.1) is 0 Å². The molecule has 0 radical (unpaired) electrons. The highest BCUT2D eigenvalue weighted by atomic mass is 15.0. The summed E-state index contributed by atoms with van der Waals surface area (Å²) in [5.74, 6) is 1.63. The highest BCUT2D eigenvalue weighted by Gasteiger charge is 2.15. The van der Waals surface area contributed by atoms with E-state index in [9.17, 15) is 0 Å². The molecule has 1 aromatic rings. The van der Waals surface area contributed by atoms with Crippen molar-refractivity contribution in [2.75, 3.05) is 6.54 Å². The SMILES string of the molecule is CCCNC(CC(C)CC)c1ncccn1. The van der Waals surface area contributed by atoms with Crippen LogP contribution in [0.1, 0.15) is 51.9 Å². The van der Waals surface area contributed by atoms with Gasteiger partial charge < -0.3 is 5.32 Å². The molecule has 0 aromatic carbocycles. The molecule has 1 aromatic heterocycles. The zero-order valence-electron chi connectivity index (χ0n) is 10.6. The Bertz CT molecular complexity index is 274. The van der Waals surface area contributed by atoms with Gasteiger partial charge in [0.2, 0.25) is 0 Å². The van der Waals surface area contributed by atoms with Gasteiger partial charge in [0.1, 0.15) is 5.82 Å². The Morgan fingerprint density at radius 3 is 2.50 bits per heavy atom. The topological polar surface area (TPSA) is 37.8 Å². The molecule has 0 fully saturated rings. The van der Waals surface area contributed by atoms with E-state index in [0.717, 1.165) is 25.2 Å². The summed E-state index contributed by atoms with van der Waals surface area (Å²) >= 11 is 0. The molecule has 0 amide bonds. The number of nitrogens with one attached hydrogen (secondary N) is 1. The van der Waals surface area contributed by atoms with Crippen LogP contribution in [0.25, 0.3) is 0 Å². The van der Waals surface area contributed by atoms with Crippen molar-refractivity contribution in [1.29, 1.82) is 0 Å². The fourth-order valence-electron chi connectivity index (χ4n) is 1.66. The van der Waals surface area contributed by atoms with E-state index in [-0.39, 0.29) is 0 Å². The van der Waals surface area contributed by atoms with E-state index >= 15 is 0 Å². The van der Waals surface area contributed by atoms with E-state index in [1.165, 1.54) is 6.42 Å². The molecule has 1 N–H and O–H groups in total. The average molecular weight is 221 g/mol. The largest absolute Gasteiger partial charge is 0.307 e. The van der Waals surface area contributed by atoms with Gasteiger partial charge in [-0.3, -0.25) is 0 Å². The lowest BCUT2D eigenvalue weighted by Crippen LogP contribution is -2.25. The Balaban J connectivity index is 2.63. The number of hydrogen-bond acceptors (Lipinski definition) is 3. The van der Waals surface area contributed by atoms with E-state index < -0.39 is 0 Å². The molecule has 1 heterocycles. The van der Waals surface area contributed by atoms with Crippen molar-refractivity contribution in [2.24, 2.45) is 5.92 Å². The third kappa shape index (κ3) is 4.27. The van der Waals surface area contributed by atoms with E-state index in [0.29, 0.717) is 12.0 Å². The van der Waals surface area contributed by atoms with Crippen LogP contribution in [0.4, 0.5) is 0 Å². The Labute approximate surface area is 98.7 Å². The van der Waals surface area contributed by atoms with Crippen LogP contribution in [-0.4, -0.2) is 16.5 Å². The summed E-state index contributed by atoms with van der Waals surface area (Å²) in [7, 11) is 0. The van der Waals surface area contributed by atoms with Crippen molar-refractivity contribution < 1.29 is 0 Å². The molecule has 0 saturated carbocycles. The van der Waals surface area contributed by atoms with Gasteiger partial charge in [0.25, 0.3) is 0 Å². The van der Waals surface area contributed by atoms with Crippen molar-refractivity contribution in [3.8, 4) is 0 Å². The second-order valence-corrected chi connectivity index (χ2v) is 4.36. The molecular weight excluding hydrogens is 198 g/mol. The molecule has 0 aliphatic rings. The van der Waals surface area contributed by atoms with Crippen molar-refractivity contribution in [3.63, 3.8) is 0 Å². The zero-order chi connectivity index (χ0) is 11.8. The summed E-state index contributed by atoms with van der Waals surface area (Å²) in [6.45, 7) is 7.72. The lowest BCUT2D eigenvalue weighted by Gasteiger charge is -2.20. The summed E-state index contributed by atoms with van der Waals surface area (Å²) in [6.07, 6.45) is 7.10. The Morgan fingerprint density at radius 2 is 1.94 bits per heavy atom. The van der Waals surface area contributed by atoms with Crippen molar-refractivity contribution in [1.82, 2.24) is 15.3 Å². The molecule has 0 saturated heterocycles. The standard InChI is InChI=1S/C13H23N3/c1-4-7-14-12(10-11(3)5-2)13-15-8-6-9-16-13/h6,8-9,11-12,14H,4-5,7,10H2,1-3H3. The minimum Gasteiger partial charge on any atom is -0.307 e. The van der Waals surface area contributed by atoms with Crippen LogP contribution in [-0.2, 0) is 0 Å². The second-order valence-electron chi connectivity index (χ2n) is 4.36. The van der Waals surface area contributed by atoms with Gasteiger partial charge >= 0.3 is 0 Å². The number of rotatable bonds is 7. The Morgan fingerprint density at radius 1 is 1.25 bits per heavy atom. The van der Waals surface area contributed by atoms with Crippen molar-refractivity contribution in [3.05, 3.63) is 24.3 Å². The maximum atomic E-state index is 4.35. The average Bonchev–Trinajstić information content (AvgIpc) is 2.35. The Hall–Kier alpha value is -0.960. The van der Waals surface area contributed by atoms with Crippen molar-refractivity contribution >= 4 is 0 Å². The molecule has 0 aliphatic heterocycles. The third-order valence-electron chi connectivity index (χ3n) is 2.87. The summed E-state index contributed by atoms with van der Waals surface area (Å²) in [5, 5.41) is 3.53. The molecule has 3 heteroatoms. The number of aromatic nitrogens is 2. The highest BCUT2D eigenvalue weighted by Crippen LogP contribution is 2.19. The molecular formula is C13H23N3. The predicted molar refractivity (Wildman–Crippen MR) is 67.1 cm³/mol. The van der Waals surface area contributed by atoms with E-state index in [4.69, 9.17) is 0 Å². The van der Waals surface area contributed by atoms with Gasteiger partial charge in [-0.05, 0) is 31.4 Å². The van der Waals surface area contributed by atoms with Crippen LogP contribution in [0, 0.1) is 5.92 Å². The summed E-state index contributed by atoms with van der Waals surface area (Å²) in [5.41, 5.74) is 0. The summed E-state index contributed by atoms with van der Waals surface area (Å²) in [6, 6.07) is 2.17. The monoisotopic (exact) mass is 221 g/mol. The molecule has 90 valence electrons. The lowest BCUT2D eigenvalue weighted by molar-refractivity contribution is 0.389. The van der Waals surface area contributed by atoms with Crippen LogP contribution in [0.3, 0.4) is 0 Å². The van der Waals surface area contributed by atoms with Crippen LogP contribution in [0.5, 0.6) is 0 Å². The highest BCUT2D eigenvalue weighted by molar-refractivity contribution is 4.96. The Kier molecular flexibility index (Phi) is 6.01. The third-order valence-corrected chi connectivity index (χ3v) is 2.87. The van der Waals surface area contributed by atoms with Gasteiger partial charge in [0, 0.05) is 12.4 Å². The van der Waals surface area contributed by atoms with Crippen molar-refractivity contribution in [2.45, 2.75) is 46.1 Å². The molecule has 16 heavy (non-hydrogen) atoms. The molecule has 0 aliphatic carbocycles. The first-order chi connectivity index (χ1) is 7.77. The van der Waals surface area contributed by atoms with Gasteiger partial charge in [0.05, 0.1) is 6.04 Å². The molecule has 2 unspecified atom stereocenters. The fraction of sp³-hybridized carbons (Fsp3) is 0.692. The molecule has 0 bridgehead atoms. The lowest BCUT2D eigenvalue weighted by atomic mass is 9.98. The number of hydrogen-bond donors (Lipinski definition) is 1. The van der Waals surface area contributed by atoms with Crippen LogP contribution < -0.4 is 5.32 Å². The maximum absolute atomic E-state index is 4.35. The smallest absolute Gasteiger partial charge is 0.145 e. The molecule has 3 nitrogen and oxygen atoms in total. The normalized spacial score (nSPS) is 14.7. The summed E-state index contributed by atoms with van der Waals surface area (Å²) in [4.78, 5) is 8.69. The molecule has 0 spiro atoms. The molecule has 1 rings (SSSR count). The maximum Gasteiger partial charge on any atom is 0.145 e. The minimum absolute atomic E-state index is 0.302. The quantitative estimate of drug-likeness (QED) is 0.769. The van der Waals surface area contributed by atoms with Crippen LogP contribution in [0.15, 0.2) is 18.5 Å². The van der Waals surface area contributed by atoms with Gasteiger partial charge in [-0.25, -0.2) is 9.97 Å². The first-order valence-corrected chi connectivity index (χ1v) is 6.28. The van der Waals surface area contributed by atoms with E-state index in [1.54, 1.807) is 0 Å². The zero-order valence-corrected chi connectivity index (χ0v) is 10.6. The first kappa shape index (κ1) is 13.1. The first-order valence-electron chi connectivity index (χ1n) is 6.28. The second kappa shape index (κ2) is 7.34. The predicted octanol–water partition coefficient (Wildman–Crippen LogP) is 2.95. The van der Waals surface area contributed by atoms with E-state index in [2.05, 4.69) is 36.1 Å². The van der Waals surface area contributed by atoms with Crippen LogP contribution >= 0.6 is 0 Å².